The van der Waals surface area contributed by atoms with Gasteiger partial charge in [-0.05, 0) is 51.0 Å². The third kappa shape index (κ3) is 4.36. The lowest BCUT2D eigenvalue weighted by atomic mass is 10.2. The first kappa shape index (κ1) is 18.5. The first-order valence-corrected chi connectivity index (χ1v) is 9.53. The van der Waals surface area contributed by atoms with Gasteiger partial charge < -0.3 is 10.1 Å². The van der Waals surface area contributed by atoms with Crippen molar-refractivity contribution in [1.29, 1.82) is 0 Å². The molecular formula is C17H24N2O4S. The summed E-state index contributed by atoms with van der Waals surface area (Å²) in [5.74, 6) is 0.00826. The summed E-state index contributed by atoms with van der Waals surface area (Å²) in [6, 6.07) is 4.55. The van der Waals surface area contributed by atoms with Gasteiger partial charge in [0, 0.05) is 13.1 Å². The van der Waals surface area contributed by atoms with Crippen LogP contribution in [0.4, 0.5) is 5.69 Å². The maximum absolute atomic E-state index is 12.8. The van der Waals surface area contributed by atoms with Crippen LogP contribution in [-0.4, -0.2) is 37.8 Å². The molecule has 6 nitrogen and oxygen atoms in total. The molecule has 0 spiro atoms. The lowest BCUT2D eigenvalue weighted by Crippen LogP contribution is -2.35. The van der Waals surface area contributed by atoms with Crippen LogP contribution in [0, 0.1) is 0 Å². The van der Waals surface area contributed by atoms with Crippen LogP contribution in [0.15, 0.2) is 35.7 Å². The maximum atomic E-state index is 12.8. The number of nitrogens with zero attached hydrogens (tertiary/aromatic N) is 1. The van der Waals surface area contributed by atoms with Crippen molar-refractivity contribution < 1.29 is 17.9 Å². The Morgan fingerprint density at radius 3 is 2.54 bits per heavy atom. The number of anilines is 1. The Kier molecular flexibility index (Phi) is 6.01. The molecule has 0 atom stereocenters. The van der Waals surface area contributed by atoms with Crippen LogP contribution in [-0.2, 0) is 14.8 Å². The van der Waals surface area contributed by atoms with E-state index >= 15 is 0 Å². The van der Waals surface area contributed by atoms with Crippen LogP contribution in [0.1, 0.15) is 33.1 Å². The van der Waals surface area contributed by atoms with E-state index in [1.165, 1.54) is 16.4 Å². The maximum Gasteiger partial charge on any atom is 0.247 e. The number of sulfonamides is 1. The largest absolute Gasteiger partial charge is 0.489 e. The molecular weight excluding hydrogens is 328 g/mol. The van der Waals surface area contributed by atoms with Crippen LogP contribution in [0.25, 0.3) is 0 Å². The molecule has 0 aliphatic carbocycles. The summed E-state index contributed by atoms with van der Waals surface area (Å²) in [4.78, 5) is 11.8. The number of amides is 1. The van der Waals surface area contributed by atoms with Crippen LogP contribution in [0.2, 0.25) is 0 Å². The molecule has 0 radical (unpaired) electrons. The Bertz CT molecular complexity index is 707. The summed E-state index contributed by atoms with van der Waals surface area (Å²) in [7, 11) is -3.57. The monoisotopic (exact) mass is 352 g/mol. The second kappa shape index (κ2) is 7.81. The number of rotatable bonds is 6. The second-order valence-electron chi connectivity index (χ2n) is 5.98. The van der Waals surface area contributed by atoms with E-state index in [1.807, 2.05) is 13.8 Å². The highest BCUT2D eigenvalue weighted by Gasteiger charge is 2.27. The van der Waals surface area contributed by atoms with E-state index in [2.05, 4.69) is 11.9 Å². The first-order valence-electron chi connectivity index (χ1n) is 8.09. The van der Waals surface area contributed by atoms with Gasteiger partial charge >= 0.3 is 0 Å². The SMILES string of the molecule is C=CC(=O)Nc1cc(S(=O)(=O)N2CCCCC2)ccc1OC(C)C. The number of hydrogen-bond acceptors (Lipinski definition) is 4. The minimum Gasteiger partial charge on any atom is -0.489 e. The molecule has 1 aliphatic heterocycles. The standard InChI is InChI=1S/C17H24N2O4S/c1-4-17(20)18-15-12-14(8-9-16(15)23-13(2)3)24(21,22)19-10-6-5-7-11-19/h4,8-9,12-13H,1,5-7,10-11H2,2-3H3,(H,18,20). The van der Waals surface area contributed by atoms with Crippen molar-refractivity contribution in [2.75, 3.05) is 18.4 Å². The van der Waals surface area contributed by atoms with Crippen molar-refractivity contribution in [3.8, 4) is 5.75 Å². The fourth-order valence-corrected chi connectivity index (χ4v) is 4.11. The predicted octanol–water partition coefficient (Wildman–Crippen LogP) is 2.77. The molecule has 1 amide bonds. The molecule has 1 aliphatic rings. The third-order valence-corrected chi connectivity index (χ3v) is 5.60. The Morgan fingerprint density at radius 1 is 1.29 bits per heavy atom. The number of benzene rings is 1. The van der Waals surface area contributed by atoms with Gasteiger partial charge in [0.2, 0.25) is 15.9 Å². The van der Waals surface area contributed by atoms with Gasteiger partial charge in [0.25, 0.3) is 0 Å². The molecule has 1 saturated heterocycles. The number of hydrogen-bond donors (Lipinski definition) is 1. The van der Waals surface area contributed by atoms with Crippen molar-refractivity contribution in [3.05, 3.63) is 30.9 Å². The average Bonchev–Trinajstić information content (AvgIpc) is 2.56. The highest BCUT2D eigenvalue weighted by Crippen LogP contribution is 2.30. The highest BCUT2D eigenvalue weighted by atomic mass is 32.2. The van der Waals surface area contributed by atoms with E-state index in [-0.39, 0.29) is 11.0 Å². The van der Waals surface area contributed by atoms with Crippen molar-refractivity contribution in [2.45, 2.75) is 44.1 Å². The van der Waals surface area contributed by atoms with Crippen molar-refractivity contribution in [1.82, 2.24) is 4.31 Å². The lowest BCUT2D eigenvalue weighted by Gasteiger charge is -2.26. The summed E-state index contributed by atoms with van der Waals surface area (Å²) in [6.07, 6.45) is 3.81. The summed E-state index contributed by atoms with van der Waals surface area (Å²) >= 11 is 0. The van der Waals surface area contributed by atoms with Gasteiger partial charge in [0.05, 0.1) is 16.7 Å². The number of piperidine rings is 1. The fourth-order valence-electron chi connectivity index (χ4n) is 2.56. The Morgan fingerprint density at radius 2 is 1.96 bits per heavy atom. The van der Waals surface area contributed by atoms with E-state index in [1.54, 1.807) is 6.07 Å². The zero-order valence-corrected chi connectivity index (χ0v) is 14.9. The van der Waals surface area contributed by atoms with E-state index in [9.17, 15) is 13.2 Å². The Balaban J connectivity index is 2.38. The van der Waals surface area contributed by atoms with E-state index in [0.29, 0.717) is 24.5 Å². The smallest absolute Gasteiger partial charge is 0.247 e. The molecule has 1 aromatic carbocycles. The molecule has 24 heavy (non-hydrogen) atoms. The predicted molar refractivity (Wildman–Crippen MR) is 93.6 cm³/mol. The molecule has 0 saturated carbocycles. The molecule has 1 fully saturated rings. The van der Waals surface area contributed by atoms with Crippen molar-refractivity contribution in [3.63, 3.8) is 0 Å². The Hall–Kier alpha value is -1.86. The van der Waals surface area contributed by atoms with E-state index in [4.69, 9.17) is 4.74 Å². The molecule has 1 N–H and O–H groups in total. The van der Waals surface area contributed by atoms with Crippen molar-refractivity contribution in [2.24, 2.45) is 0 Å². The summed E-state index contributed by atoms with van der Waals surface area (Å²) in [5, 5.41) is 2.62. The van der Waals surface area contributed by atoms with Gasteiger partial charge in [-0.2, -0.15) is 4.31 Å². The van der Waals surface area contributed by atoms with Gasteiger partial charge in [-0.25, -0.2) is 8.42 Å². The number of carbonyl (C=O) groups excluding carboxylic acids is 1. The lowest BCUT2D eigenvalue weighted by molar-refractivity contribution is -0.111. The Labute approximate surface area is 143 Å². The fraction of sp³-hybridized carbons (Fsp3) is 0.471. The van der Waals surface area contributed by atoms with Crippen LogP contribution in [0.5, 0.6) is 5.75 Å². The van der Waals surface area contributed by atoms with Gasteiger partial charge in [0.1, 0.15) is 5.75 Å². The molecule has 1 aromatic rings. The van der Waals surface area contributed by atoms with E-state index < -0.39 is 15.9 Å². The normalized spacial score (nSPS) is 16.0. The zero-order chi connectivity index (χ0) is 17.7. The van der Waals surface area contributed by atoms with Crippen LogP contribution >= 0.6 is 0 Å². The molecule has 0 bridgehead atoms. The molecule has 0 unspecified atom stereocenters. The topological polar surface area (TPSA) is 75.7 Å². The zero-order valence-electron chi connectivity index (χ0n) is 14.1. The van der Waals surface area contributed by atoms with Crippen molar-refractivity contribution >= 4 is 21.6 Å². The molecule has 0 aromatic heterocycles. The van der Waals surface area contributed by atoms with E-state index in [0.717, 1.165) is 25.3 Å². The van der Waals surface area contributed by atoms with Gasteiger partial charge in [0.15, 0.2) is 0 Å². The van der Waals surface area contributed by atoms with Crippen LogP contribution < -0.4 is 10.1 Å². The molecule has 132 valence electrons. The number of carbonyl (C=O) groups is 1. The summed E-state index contributed by atoms with van der Waals surface area (Å²) in [5.41, 5.74) is 0.326. The van der Waals surface area contributed by atoms with Gasteiger partial charge in [-0.15, -0.1) is 0 Å². The minimum atomic E-state index is -3.57. The quantitative estimate of drug-likeness (QED) is 0.799. The minimum absolute atomic E-state index is 0.103. The first-order chi connectivity index (χ1) is 11.3. The summed E-state index contributed by atoms with van der Waals surface area (Å²) in [6.45, 7) is 8.19. The van der Waals surface area contributed by atoms with Gasteiger partial charge in [-0.3, -0.25) is 4.79 Å². The number of nitrogens with one attached hydrogen (secondary N) is 1. The molecule has 7 heteroatoms. The second-order valence-corrected chi connectivity index (χ2v) is 7.92. The average molecular weight is 352 g/mol. The molecule has 2 rings (SSSR count). The summed E-state index contributed by atoms with van der Waals surface area (Å²) < 4.78 is 32.7. The van der Waals surface area contributed by atoms with Gasteiger partial charge in [-0.1, -0.05) is 13.0 Å². The van der Waals surface area contributed by atoms with Crippen LogP contribution in [0.3, 0.4) is 0 Å². The number of ether oxygens (including phenoxy) is 1. The third-order valence-electron chi connectivity index (χ3n) is 3.71. The highest BCUT2D eigenvalue weighted by molar-refractivity contribution is 7.89. The molecule has 1 heterocycles.